The topological polar surface area (TPSA) is 93.1 Å². The van der Waals surface area contributed by atoms with E-state index in [4.69, 9.17) is 0 Å². The average Bonchev–Trinajstić information content (AvgIpc) is 2.92. The van der Waals surface area contributed by atoms with E-state index in [9.17, 15) is 13.2 Å². The molecule has 0 bridgehead atoms. The fraction of sp³-hybridized carbons (Fsp3) is 0.375. The maximum absolute atomic E-state index is 12.3. The Kier molecular flexibility index (Phi) is 5.28. The van der Waals surface area contributed by atoms with Gasteiger partial charge in [0.25, 0.3) is 0 Å². The first-order valence-electron chi connectivity index (χ1n) is 7.57. The van der Waals surface area contributed by atoms with Crippen LogP contribution >= 0.6 is 0 Å². The minimum atomic E-state index is -3.33. The predicted octanol–water partition coefficient (Wildman–Crippen LogP) is 2.40. The van der Waals surface area contributed by atoms with Gasteiger partial charge >= 0.3 is 6.03 Å². The lowest BCUT2D eigenvalue weighted by Crippen LogP contribution is -2.32. The molecule has 0 radical (unpaired) electrons. The van der Waals surface area contributed by atoms with Crippen LogP contribution < -0.4 is 10.6 Å². The molecule has 2 N–H and O–H groups in total. The molecule has 2 rings (SSSR count). The number of nitrogens with zero attached hydrogens (tertiary/aromatic N) is 2. The summed E-state index contributed by atoms with van der Waals surface area (Å²) >= 11 is 0. The van der Waals surface area contributed by atoms with Gasteiger partial charge in [0.05, 0.1) is 17.1 Å². The van der Waals surface area contributed by atoms with Gasteiger partial charge in [-0.05, 0) is 31.0 Å². The van der Waals surface area contributed by atoms with E-state index in [1.165, 1.54) is 12.1 Å². The molecular weight excluding hydrogens is 328 g/mol. The number of benzene rings is 1. The zero-order chi connectivity index (χ0) is 17.9. The number of urea groups is 1. The van der Waals surface area contributed by atoms with E-state index in [1.807, 2.05) is 20.2 Å². The average molecular weight is 350 g/mol. The molecule has 1 heterocycles. The Morgan fingerprint density at radius 1 is 1.38 bits per heavy atom. The summed E-state index contributed by atoms with van der Waals surface area (Å²) in [6, 6.07) is 4.11. The summed E-state index contributed by atoms with van der Waals surface area (Å²) in [5, 5.41) is 9.71. The molecule has 2 amide bonds. The number of anilines is 1. The van der Waals surface area contributed by atoms with Crippen LogP contribution in [0.2, 0.25) is 0 Å². The second-order valence-corrected chi connectivity index (χ2v) is 7.77. The summed E-state index contributed by atoms with van der Waals surface area (Å²) in [6.45, 7) is 3.77. The molecule has 0 saturated heterocycles. The SMILES string of the molecule is CC[C@@H](NC(=O)Nc1cc(S(C)(=O)=O)ccc1C)c1cnn(C)c1. The Balaban J connectivity index is 2.14. The van der Waals surface area contributed by atoms with Crippen molar-refractivity contribution in [1.29, 1.82) is 0 Å². The Bertz CT molecular complexity index is 843. The lowest BCUT2D eigenvalue weighted by Gasteiger charge is -2.17. The molecule has 7 nitrogen and oxygen atoms in total. The number of aromatic nitrogens is 2. The fourth-order valence-electron chi connectivity index (χ4n) is 2.32. The Morgan fingerprint density at radius 3 is 2.62 bits per heavy atom. The molecular formula is C16H22N4O3S. The summed E-state index contributed by atoms with van der Waals surface area (Å²) in [7, 11) is -1.51. The Labute approximate surface area is 142 Å². The van der Waals surface area contributed by atoms with Crippen molar-refractivity contribution in [3.05, 3.63) is 41.7 Å². The van der Waals surface area contributed by atoms with E-state index in [0.717, 1.165) is 17.4 Å². The zero-order valence-corrected chi connectivity index (χ0v) is 15.0. The molecule has 0 fully saturated rings. The van der Waals surface area contributed by atoms with Gasteiger partial charge in [-0.25, -0.2) is 13.2 Å². The number of sulfone groups is 1. The first-order valence-corrected chi connectivity index (χ1v) is 9.46. The molecule has 1 aromatic carbocycles. The molecule has 0 aliphatic heterocycles. The molecule has 8 heteroatoms. The minimum Gasteiger partial charge on any atom is -0.331 e. The van der Waals surface area contributed by atoms with Crippen molar-refractivity contribution in [2.75, 3.05) is 11.6 Å². The Morgan fingerprint density at radius 2 is 2.08 bits per heavy atom. The highest BCUT2D eigenvalue weighted by Gasteiger charge is 2.16. The molecule has 2 aromatic rings. The van der Waals surface area contributed by atoms with Crippen molar-refractivity contribution in [2.24, 2.45) is 7.05 Å². The molecule has 130 valence electrons. The van der Waals surface area contributed by atoms with E-state index in [1.54, 1.807) is 23.9 Å². The normalized spacial score (nSPS) is 12.7. The molecule has 0 saturated carbocycles. The third kappa shape index (κ3) is 4.35. The van der Waals surface area contributed by atoms with Crippen LogP contribution in [-0.4, -0.2) is 30.5 Å². The smallest absolute Gasteiger partial charge is 0.319 e. The zero-order valence-electron chi connectivity index (χ0n) is 14.2. The molecule has 0 aliphatic rings. The molecule has 0 aliphatic carbocycles. The summed E-state index contributed by atoms with van der Waals surface area (Å²) in [5.74, 6) is 0. The maximum atomic E-state index is 12.3. The van der Waals surface area contributed by atoms with Gasteiger partial charge in [-0.3, -0.25) is 4.68 Å². The standard InChI is InChI=1S/C16H22N4O3S/c1-5-14(12-9-17-20(3)10-12)18-16(21)19-15-8-13(24(4,22)23)7-6-11(15)2/h6-10,14H,5H2,1-4H3,(H2,18,19,21)/t14-/m1/s1. The van der Waals surface area contributed by atoms with Crippen LogP contribution in [0.15, 0.2) is 35.5 Å². The van der Waals surface area contributed by atoms with E-state index < -0.39 is 9.84 Å². The number of rotatable bonds is 5. The van der Waals surface area contributed by atoms with Crippen LogP contribution in [0.5, 0.6) is 0 Å². The summed E-state index contributed by atoms with van der Waals surface area (Å²) in [6.07, 6.45) is 5.41. The third-order valence-electron chi connectivity index (χ3n) is 3.73. The quantitative estimate of drug-likeness (QED) is 0.866. The van der Waals surface area contributed by atoms with Crippen LogP contribution in [0, 0.1) is 6.92 Å². The number of carbonyl (C=O) groups excluding carboxylic acids is 1. The minimum absolute atomic E-state index is 0.169. The maximum Gasteiger partial charge on any atom is 0.319 e. The monoisotopic (exact) mass is 350 g/mol. The van der Waals surface area contributed by atoms with Gasteiger partial charge in [0.15, 0.2) is 9.84 Å². The van der Waals surface area contributed by atoms with Gasteiger partial charge < -0.3 is 10.6 Å². The summed E-state index contributed by atoms with van der Waals surface area (Å²) < 4.78 is 25.0. The Hall–Kier alpha value is -2.35. The van der Waals surface area contributed by atoms with Crippen molar-refractivity contribution in [2.45, 2.75) is 31.2 Å². The van der Waals surface area contributed by atoms with Crippen molar-refractivity contribution in [3.8, 4) is 0 Å². The predicted molar refractivity (Wildman–Crippen MR) is 92.7 cm³/mol. The number of hydrogen-bond donors (Lipinski definition) is 2. The molecule has 24 heavy (non-hydrogen) atoms. The first kappa shape index (κ1) is 18.0. The first-order chi connectivity index (χ1) is 11.2. The number of amides is 2. The summed E-state index contributed by atoms with van der Waals surface area (Å²) in [4.78, 5) is 12.4. The second kappa shape index (κ2) is 7.04. The molecule has 1 aromatic heterocycles. The number of aryl methyl sites for hydroxylation is 2. The highest BCUT2D eigenvalue weighted by Crippen LogP contribution is 2.21. The van der Waals surface area contributed by atoms with Crippen molar-refractivity contribution in [1.82, 2.24) is 15.1 Å². The lowest BCUT2D eigenvalue weighted by atomic mass is 10.1. The second-order valence-electron chi connectivity index (χ2n) is 5.76. The van der Waals surface area contributed by atoms with E-state index in [2.05, 4.69) is 15.7 Å². The van der Waals surface area contributed by atoms with Gasteiger partial charge in [0.1, 0.15) is 0 Å². The van der Waals surface area contributed by atoms with Crippen LogP contribution in [0.1, 0.15) is 30.5 Å². The van der Waals surface area contributed by atoms with E-state index >= 15 is 0 Å². The van der Waals surface area contributed by atoms with Gasteiger partial charge in [-0.1, -0.05) is 13.0 Å². The van der Waals surface area contributed by atoms with Crippen molar-refractivity contribution >= 4 is 21.6 Å². The number of hydrogen-bond acceptors (Lipinski definition) is 4. The molecule has 0 spiro atoms. The lowest BCUT2D eigenvalue weighted by molar-refractivity contribution is 0.248. The summed E-state index contributed by atoms with van der Waals surface area (Å²) in [5.41, 5.74) is 2.17. The van der Waals surface area contributed by atoms with Crippen molar-refractivity contribution in [3.63, 3.8) is 0 Å². The number of nitrogens with one attached hydrogen (secondary N) is 2. The van der Waals surface area contributed by atoms with E-state index in [-0.39, 0.29) is 17.0 Å². The van der Waals surface area contributed by atoms with Gasteiger partial charge in [0.2, 0.25) is 0 Å². The number of carbonyl (C=O) groups is 1. The van der Waals surface area contributed by atoms with Gasteiger partial charge in [-0.2, -0.15) is 5.10 Å². The molecule has 0 unspecified atom stereocenters. The van der Waals surface area contributed by atoms with Crippen LogP contribution in [0.4, 0.5) is 10.5 Å². The van der Waals surface area contributed by atoms with Gasteiger partial charge in [0, 0.05) is 30.8 Å². The van der Waals surface area contributed by atoms with E-state index in [0.29, 0.717) is 12.1 Å². The highest BCUT2D eigenvalue weighted by atomic mass is 32.2. The van der Waals surface area contributed by atoms with Gasteiger partial charge in [-0.15, -0.1) is 0 Å². The van der Waals surface area contributed by atoms with Crippen LogP contribution in [0.3, 0.4) is 0 Å². The van der Waals surface area contributed by atoms with Crippen LogP contribution in [0.25, 0.3) is 0 Å². The van der Waals surface area contributed by atoms with Crippen molar-refractivity contribution < 1.29 is 13.2 Å². The van der Waals surface area contributed by atoms with Crippen LogP contribution in [-0.2, 0) is 16.9 Å². The largest absolute Gasteiger partial charge is 0.331 e. The fourth-order valence-corrected chi connectivity index (χ4v) is 2.97. The molecule has 1 atom stereocenters. The highest BCUT2D eigenvalue weighted by molar-refractivity contribution is 7.90. The third-order valence-corrected chi connectivity index (χ3v) is 4.84.